The summed E-state index contributed by atoms with van der Waals surface area (Å²) in [6, 6.07) is 8.14. The van der Waals surface area contributed by atoms with Gasteiger partial charge in [-0.25, -0.2) is 0 Å². The van der Waals surface area contributed by atoms with E-state index in [-0.39, 0.29) is 11.4 Å². The molecule has 1 saturated carbocycles. The van der Waals surface area contributed by atoms with Crippen molar-refractivity contribution in [2.45, 2.75) is 77.3 Å². The highest BCUT2D eigenvalue weighted by molar-refractivity contribution is 5.82. The van der Waals surface area contributed by atoms with E-state index in [9.17, 15) is 4.79 Å². The summed E-state index contributed by atoms with van der Waals surface area (Å²) in [6.07, 6.45) is 8.72. The van der Waals surface area contributed by atoms with Crippen LogP contribution in [-0.2, 0) is 17.6 Å². The highest BCUT2D eigenvalue weighted by atomic mass is 16.2. The van der Waals surface area contributed by atoms with Gasteiger partial charge in [-0.3, -0.25) is 4.79 Å². The minimum atomic E-state index is -0.487. The van der Waals surface area contributed by atoms with Crippen molar-refractivity contribution < 1.29 is 4.79 Å². The third kappa shape index (κ3) is 6.34. The largest absolute Gasteiger partial charge is 0.350 e. The number of amides is 1. The van der Waals surface area contributed by atoms with Crippen LogP contribution >= 0.6 is 0 Å². The van der Waals surface area contributed by atoms with Crippen molar-refractivity contribution in [1.82, 2.24) is 5.32 Å². The number of nitrogens with one attached hydrogen (secondary N) is 1. The molecule has 3 nitrogen and oxygen atoms in total. The van der Waals surface area contributed by atoms with Gasteiger partial charge in [0.15, 0.2) is 0 Å². The Hall–Kier alpha value is -1.35. The summed E-state index contributed by atoms with van der Waals surface area (Å²) >= 11 is 0. The predicted octanol–water partition coefficient (Wildman–Crippen LogP) is 3.59. The molecule has 3 N–H and O–H groups in total. The molecule has 1 amide bonds. The van der Waals surface area contributed by atoms with Crippen LogP contribution in [0.2, 0.25) is 0 Å². The van der Waals surface area contributed by atoms with Crippen LogP contribution in [0.1, 0.15) is 64.0 Å². The SMILES string of the molecule is CC(C)(C)NC(=O)C(N)Cc1ccc(CCC2CCCC2)cc1. The lowest BCUT2D eigenvalue weighted by atomic mass is 9.96. The van der Waals surface area contributed by atoms with Crippen LogP contribution in [0.15, 0.2) is 24.3 Å². The molecule has 0 aliphatic heterocycles. The summed E-state index contributed by atoms with van der Waals surface area (Å²) < 4.78 is 0. The van der Waals surface area contributed by atoms with E-state index >= 15 is 0 Å². The fourth-order valence-corrected chi connectivity index (χ4v) is 3.32. The molecule has 1 aromatic rings. The maximum Gasteiger partial charge on any atom is 0.237 e. The number of aryl methyl sites for hydroxylation is 1. The summed E-state index contributed by atoms with van der Waals surface area (Å²) in [7, 11) is 0. The number of benzene rings is 1. The van der Waals surface area contributed by atoms with E-state index in [4.69, 9.17) is 5.73 Å². The molecule has 2 rings (SSSR count). The van der Waals surface area contributed by atoms with Crippen molar-refractivity contribution >= 4 is 5.91 Å². The summed E-state index contributed by atoms with van der Waals surface area (Å²) in [4.78, 5) is 12.0. The fraction of sp³-hybridized carbons (Fsp3) is 0.650. The lowest BCUT2D eigenvalue weighted by Crippen LogP contribution is -2.49. The van der Waals surface area contributed by atoms with Crippen LogP contribution in [0.4, 0.5) is 0 Å². The Kier molecular flexibility index (Phi) is 6.23. The van der Waals surface area contributed by atoms with Crippen molar-refractivity contribution in [2.75, 3.05) is 0 Å². The average molecular weight is 316 g/mol. The van der Waals surface area contributed by atoms with E-state index in [1.54, 1.807) is 0 Å². The molecular formula is C20H32N2O. The zero-order valence-corrected chi connectivity index (χ0v) is 14.9. The fourth-order valence-electron chi connectivity index (χ4n) is 3.32. The first kappa shape index (κ1) is 18.0. The lowest BCUT2D eigenvalue weighted by Gasteiger charge is -2.23. The topological polar surface area (TPSA) is 55.1 Å². The van der Waals surface area contributed by atoms with E-state index < -0.39 is 6.04 Å². The molecule has 0 spiro atoms. The van der Waals surface area contributed by atoms with E-state index in [0.717, 1.165) is 11.5 Å². The van der Waals surface area contributed by atoms with Crippen LogP contribution in [0.25, 0.3) is 0 Å². The number of nitrogens with two attached hydrogens (primary N) is 1. The summed E-state index contributed by atoms with van der Waals surface area (Å²) in [5.74, 6) is 0.854. The molecule has 1 fully saturated rings. The first-order valence-corrected chi connectivity index (χ1v) is 8.99. The highest BCUT2D eigenvalue weighted by Gasteiger charge is 2.20. The normalized spacial score (nSPS) is 17.2. The minimum Gasteiger partial charge on any atom is -0.350 e. The van der Waals surface area contributed by atoms with Gasteiger partial charge in [0, 0.05) is 5.54 Å². The molecule has 0 heterocycles. The second kappa shape index (κ2) is 7.96. The average Bonchev–Trinajstić information content (AvgIpc) is 2.98. The molecule has 0 radical (unpaired) electrons. The van der Waals surface area contributed by atoms with E-state index in [2.05, 4.69) is 29.6 Å². The molecular weight excluding hydrogens is 284 g/mol. The maximum atomic E-state index is 12.0. The molecule has 1 aliphatic carbocycles. The van der Waals surface area contributed by atoms with Gasteiger partial charge in [0.1, 0.15) is 0 Å². The first-order chi connectivity index (χ1) is 10.8. The molecule has 0 aromatic heterocycles. The molecule has 0 bridgehead atoms. The Labute approximate surface area is 141 Å². The number of rotatable bonds is 6. The van der Waals surface area contributed by atoms with E-state index in [1.807, 2.05) is 20.8 Å². The van der Waals surface area contributed by atoms with Crippen molar-refractivity contribution in [3.05, 3.63) is 35.4 Å². The van der Waals surface area contributed by atoms with Crippen molar-refractivity contribution in [3.63, 3.8) is 0 Å². The molecule has 0 saturated heterocycles. The number of hydrogen-bond donors (Lipinski definition) is 2. The van der Waals surface area contributed by atoms with Gasteiger partial charge in [-0.1, -0.05) is 49.9 Å². The van der Waals surface area contributed by atoms with Gasteiger partial charge in [-0.2, -0.15) is 0 Å². The van der Waals surface area contributed by atoms with Gasteiger partial charge in [0.05, 0.1) is 6.04 Å². The molecule has 1 unspecified atom stereocenters. The standard InChI is InChI=1S/C20H32N2O/c1-20(2,3)22-19(23)18(21)14-17-12-10-16(11-13-17)9-8-15-6-4-5-7-15/h10-13,15,18H,4-9,14,21H2,1-3H3,(H,22,23). The van der Waals surface area contributed by atoms with Crippen molar-refractivity contribution in [3.8, 4) is 0 Å². The Morgan fingerprint density at radius 3 is 2.30 bits per heavy atom. The van der Waals surface area contributed by atoms with Gasteiger partial charge in [0.25, 0.3) is 0 Å². The first-order valence-electron chi connectivity index (χ1n) is 8.99. The minimum absolute atomic E-state index is 0.0807. The molecule has 128 valence electrons. The Morgan fingerprint density at radius 2 is 1.74 bits per heavy atom. The Bertz CT molecular complexity index is 495. The zero-order chi connectivity index (χ0) is 16.9. The molecule has 23 heavy (non-hydrogen) atoms. The smallest absolute Gasteiger partial charge is 0.237 e. The third-order valence-corrected chi connectivity index (χ3v) is 4.63. The number of carbonyl (C=O) groups excluding carboxylic acids is 1. The van der Waals surface area contributed by atoms with Crippen molar-refractivity contribution in [1.29, 1.82) is 0 Å². The second-order valence-electron chi connectivity index (χ2n) is 8.06. The van der Waals surface area contributed by atoms with Gasteiger partial charge >= 0.3 is 0 Å². The van der Waals surface area contributed by atoms with Crippen LogP contribution < -0.4 is 11.1 Å². The lowest BCUT2D eigenvalue weighted by molar-refractivity contribution is -0.123. The van der Waals surface area contributed by atoms with Crippen LogP contribution in [-0.4, -0.2) is 17.5 Å². The van der Waals surface area contributed by atoms with Gasteiger partial charge in [0.2, 0.25) is 5.91 Å². The van der Waals surface area contributed by atoms with Crippen LogP contribution in [0.3, 0.4) is 0 Å². The van der Waals surface area contributed by atoms with E-state index in [0.29, 0.717) is 6.42 Å². The Balaban J connectivity index is 1.80. The molecule has 1 aromatic carbocycles. The van der Waals surface area contributed by atoms with Gasteiger partial charge in [-0.05, 0) is 57.1 Å². The quantitative estimate of drug-likeness (QED) is 0.842. The molecule has 1 aliphatic rings. The van der Waals surface area contributed by atoms with Gasteiger partial charge < -0.3 is 11.1 Å². The van der Waals surface area contributed by atoms with Crippen LogP contribution in [0.5, 0.6) is 0 Å². The number of carbonyl (C=O) groups is 1. The van der Waals surface area contributed by atoms with Gasteiger partial charge in [-0.15, -0.1) is 0 Å². The molecule has 3 heteroatoms. The second-order valence-corrected chi connectivity index (χ2v) is 8.06. The zero-order valence-electron chi connectivity index (χ0n) is 14.9. The number of hydrogen-bond acceptors (Lipinski definition) is 2. The summed E-state index contributed by atoms with van der Waals surface area (Å²) in [5, 5.41) is 2.94. The maximum absolute atomic E-state index is 12.0. The third-order valence-electron chi connectivity index (χ3n) is 4.63. The molecule has 1 atom stereocenters. The highest BCUT2D eigenvalue weighted by Crippen LogP contribution is 2.28. The summed E-state index contributed by atoms with van der Waals surface area (Å²) in [5.41, 5.74) is 8.31. The monoisotopic (exact) mass is 316 g/mol. The van der Waals surface area contributed by atoms with Crippen molar-refractivity contribution in [2.24, 2.45) is 11.7 Å². The Morgan fingerprint density at radius 1 is 1.17 bits per heavy atom. The van der Waals surface area contributed by atoms with Crippen LogP contribution in [0, 0.1) is 5.92 Å². The predicted molar refractivity (Wildman–Crippen MR) is 96.3 cm³/mol. The van der Waals surface area contributed by atoms with E-state index in [1.165, 1.54) is 44.1 Å². The summed E-state index contributed by atoms with van der Waals surface area (Å²) in [6.45, 7) is 5.91.